The van der Waals surface area contributed by atoms with Crippen LogP contribution in [0.2, 0.25) is 0 Å². The molecule has 0 aromatic heterocycles. The molecule has 0 bridgehead atoms. The van der Waals surface area contributed by atoms with Crippen molar-refractivity contribution in [3.05, 3.63) is 35.4 Å². The Labute approximate surface area is 146 Å². The van der Waals surface area contributed by atoms with Crippen LogP contribution < -0.4 is 10.6 Å². The van der Waals surface area contributed by atoms with Crippen molar-refractivity contribution < 1.29 is 9.53 Å². The second kappa shape index (κ2) is 8.63. The molecule has 1 heterocycles. The molecule has 4 heteroatoms. The van der Waals surface area contributed by atoms with Crippen LogP contribution in [0.15, 0.2) is 24.3 Å². The maximum absolute atomic E-state index is 12.9. The molecule has 1 fully saturated rings. The van der Waals surface area contributed by atoms with E-state index in [1.165, 1.54) is 5.56 Å². The lowest BCUT2D eigenvalue weighted by Crippen LogP contribution is -2.50. The van der Waals surface area contributed by atoms with Gasteiger partial charge in [0.15, 0.2) is 0 Å². The van der Waals surface area contributed by atoms with E-state index in [1.807, 2.05) is 0 Å². The quantitative estimate of drug-likeness (QED) is 0.807. The molecule has 2 rings (SSSR count). The third-order valence-electron chi connectivity index (χ3n) is 4.93. The molecule has 1 saturated heterocycles. The van der Waals surface area contributed by atoms with Crippen LogP contribution >= 0.6 is 0 Å². The minimum absolute atomic E-state index is 0.00853. The van der Waals surface area contributed by atoms with Gasteiger partial charge in [0.2, 0.25) is 5.91 Å². The van der Waals surface area contributed by atoms with Gasteiger partial charge in [0, 0.05) is 7.11 Å². The highest BCUT2D eigenvalue weighted by Crippen LogP contribution is 2.30. The molecule has 0 spiro atoms. The molecular formula is C20H32N2O2. The maximum Gasteiger partial charge on any atom is 0.229 e. The fourth-order valence-electron chi connectivity index (χ4n) is 3.47. The Bertz CT molecular complexity index is 513. The van der Waals surface area contributed by atoms with Gasteiger partial charge in [-0.15, -0.1) is 0 Å². The lowest BCUT2D eigenvalue weighted by molar-refractivity contribution is -0.136. The van der Waals surface area contributed by atoms with Crippen molar-refractivity contribution in [3.8, 4) is 0 Å². The highest BCUT2D eigenvalue weighted by molar-refractivity contribution is 5.83. The molecule has 134 valence electrons. The number of ether oxygens (including phenoxy) is 1. The molecule has 1 aromatic rings. The summed E-state index contributed by atoms with van der Waals surface area (Å²) < 4.78 is 5.36. The van der Waals surface area contributed by atoms with E-state index in [2.05, 4.69) is 55.7 Å². The number of amides is 1. The van der Waals surface area contributed by atoms with E-state index in [0.717, 1.165) is 37.9 Å². The van der Waals surface area contributed by atoms with Crippen LogP contribution in [0.3, 0.4) is 0 Å². The zero-order valence-corrected chi connectivity index (χ0v) is 15.5. The minimum Gasteiger partial charge on any atom is -0.384 e. The third kappa shape index (κ3) is 4.81. The predicted molar refractivity (Wildman–Crippen MR) is 98.0 cm³/mol. The fraction of sp³-hybridized carbons (Fsp3) is 0.650. The Morgan fingerprint density at radius 2 is 1.83 bits per heavy atom. The summed E-state index contributed by atoms with van der Waals surface area (Å²) in [5.41, 5.74) is 2.10. The zero-order chi connectivity index (χ0) is 17.6. The van der Waals surface area contributed by atoms with E-state index in [1.54, 1.807) is 7.11 Å². The van der Waals surface area contributed by atoms with Gasteiger partial charge in [-0.1, -0.05) is 38.1 Å². The van der Waals surface area contributed by atoms with Gasteiger partial charge in [0.05, 0.1) is 18.1 Å². The number of carbonyl (C=O) groups excluding carboxylic acids is 1. The summed E-state index contributed by atoms with van der Waals surface area (Å²) in [7, 11) is 1.67. The number of nitrogens with one attached hydrogen (secondary N) is 2. The zero-order valence-electron chi connectivity index (χ0n) is 15.5. The lowest BCUT2D eigenvalue weighted by atomic mass is 9.78. The molecule has 0 saturated carbocycles. The van der Waals surface area contributed by atoms with Gasteiger partial charge in [-0.25, -0.2) is 0 Å². The van der Waals surface area contributed by atoms with Crippen LogP contribution in [0, 0.1) is 11.3 Å². The smallest absolute Gasteiger partial charge is 0.229 e. The Kier molecular flexibility index (Phi) is 6.81. The van der Waals surface area contributed by atoms with Crippen LogP contribution in [0.1, 0.15) is 50.8 Å². The number of hydrogen-bond acceptors (Lipinski definition) is 3. The van der Waals surface area contributed by atoms with Crippen LogP contribution in [0.5, 0.6) is 0 Å². The van der Waals surface area contributed by atoms with E-state index in [9.17, 15) is 4.79 Å². The second-order valence-electron chi connectivity index (χ2n) is 7.50. The molecule has 1 aromatic carbocycles. The highest BCUT2D eigenvalue weighted by Gasteiger charge is 2.40. The molecule has 1 unspecified atom stereocenters. The van der Waals surface area contributed by atoms with Gasteiger partial charge in [-0.3, -0.25) is 4.79 Å². The van der Waals surface area contributed by atoms with Crippen molar-refractivity contribution >= 4 is 5.91 Å². The van der Waals surface area contributed by atoms with Gasteiger partial charge in [-0.05, 0) is 56.3 Å². The van der Waals surface area contributed by atoms with Crippen molar-refractivity contribution in [1.29, 1.82) is 0 Å². The molecule has 1 atom stereocenters. The molecule has 1 aliphatic heterocycles. The highest BCUT2D eigenvalue weighted by atomic mass is 16.5. The first-order valence-corrected chi connectivity index (χ1v) is 9.06. The normalized spacial score (nSPS) is 18.4. The Balaban J connectivity index is 2.01. The van der Waals surface area contributed by atoms with Gasteiger partial charge in [-0.2, -0.15) is 0 Å². The predicted octanol–water partition coefficient (Wildman–Crippen LogP) is 3.08. The standard InChI is InChI=1S/C20H32N2O2/c1-15(2)13-17-5-7-18(8-6-17)16(3)22-19(23)20(14-24-4)9-11-21-12-10-20/h5-8,15-16,21H,9-14H2,1-4H3,(H,22,23). The average molecular weight is 332 g/mol. The summed E-state index contributed by atoms with van der Waals surface area (Å²) >= 11 is 0. The first kappa shape index (κ1) is 18.9. The van der Waals surface area contributed by atoms with E-state index >= 15 is 0 Å². The Morgan fingerprint density at radius 3 is 2.38 bits per heavy atom. The molecule has 1 aliphatic rings. The summed E-state index contributed by atoms with van der Waals surface area (Å²) in [5, 5.41) is 6.53. The molecule has 24 heavy (non-hydrogen) atoms. The van der Waals surface area contributed by atoms with Crippen molar-refractivity contribution in [3.63, 3.8) is 0 Å². The monoisotopic (exact) mass is 332 g/mol. The van der Waals surface area contributed by atoms with E-state index in [-0.39, 0.29) is 11.9 Å². The number of hydrogen-bond donors (Lipinski definition) is 2. The van der Waals surface area contributed by atoms with Crippen LogP contribution in [-0.2, 0) is 16.0 Å². The van der Waals surface area contributed by atoms with Gasteiger partial charge in [0.1, 0.15) is 0 Å². The fourth-order valence-corrected chi connectivity index (χ4v) is 3.47. The Hall–Kier alpha value is -1.39. The lowest BCUT2D eigenvalue weighted by Gasteiger charge is -2.36. The first-order chi connectivity index (χ1) is 11.5. The van der Waals surface area contributed by atoms with Gasteiger partial charge >= 0.3 is 0 Å². The molecule has 0 aliphatic carbocycles. The summed E-state index contributed by atoms with van der Waals surface area (Å²) in [6.45, 7) is 8.73. The SMILES string of the molecule is COCC1(C(=O)NC(C)c2ccc(CC(C)C)cc2)CCNCC1. The number of benzene rings is 1. The number of methoxy groups -OCH3 is 1. The second-order valence-corrected chi connectivity index (χ2v) is 7.50. The topological polar surface area (TPSA) is 50.4 Å². The van der Waals surface area contributed by atoms with Crippen molar-refractivity contribution in [1.82, 2.24) is 10.6 Å². The van der Waals surface area contributed by atoms with Gasteiger partial charge < -0.3 is 15.4 Å². The van der Waals surface area contributed by atoms with Crippen LogP contribution in [-0.4, -0.2) is 32.7 Å². The maximum atomic E-state index is 12.9. The molecule has 2 N–H and O–H groups in total. The summed E-state index contributed by atoms with van der Waals surface area (Å²) in [6, 6.07) is 8.62. The number of carbonyl (C=O) groups is 1. The van der Waals surface area contributed by atoms with E-state index in [4.69, 9.17) is 4.74 Å². The van der Waals surface area contributed by atoms with Crippen molar-refractivity contribution in [2.45, 2.75) is 46.1 Å². The summed E-state index contributed by atoms with van der Waals surface area (Å²) in [5.74, 6) is 0.770. The minimum atomic E-state index is -0.397. The molecule has 1 amide bonds. The van der Waals surface area contributed by atoms with Crippen LogP contribution in [0.4, 0.5) is 0 Å². The molecular weight excluding hydrogens is 300 g/mol. The molecule has 4 nitrogen and oxygen atoms in total. The molecule has 0 radical (unpaired) electrons. The summed E-state index contributed by atoms with van der Waals surface area (Å²) in [6.07, 6.45) is 2.74. The largest absolute Gasteiger partial charge is 0.384 e. The van der Waals surface area contributed by atoms with E-state index < -0.39 is 5.41 Å². The van der Waals surface area contributed by atoms with E-state index in [0.29, 0.717) is 12.5 Å². The van der Waals surface area contributed by atoms with Crippen molar-refractivity contribution in [2.75, 3.05) is 26.8 Å². The average Bonchev–Trinajstić information content (AvgIpc) is 2.56. The first-order valence-electron chi connectivity index (χ1n) is 9.06. The van der Waals surface area contributed by atoms with Crippen LogP contribution in [0.25, 0.3) is 0 Å². The summed E-state index contributed by atoms with van der Waals surface area (Å²) in [4.78, 5) is 12.9. The number of piperidine rings is 1. The third-order valence-corrected chi connectivity index (χ3v) is 4.93. The Morgan fingerprint density at radius 1 is 1.21 bits per heavy atom. The van der Waals surface area contributed by atoms with Gasteiger partial charge in [0.25, 0.3) is 0 Å². The van der Waals surface area contributed by atoms with Crippen molar-refractivity contribution in [2.24, 2.45) is 11.3 Å². The number of rotatable bonds is 7.